The van der Waals surface area contributed by atoms with E-state index in [0.717, 1.165) is 10.2 Å². The number of nitrogens with one attached hydrogen (secondary N) is 2. The van der Waals surface area contributed by atoms with Crippen LogP contribution in [0.3, 0.4) is 0 Å². The Balaban J connectivity index is 1.41. The van der Waals surface area contributed by atoms with E-state index < -0.39 is 24.2 Å². The van der Waals surface area contributed by atoms with Crippen LogP contribution in [-0.2, 0) is 0 Å². The van der Waals surface area contributed by atoms with Gasteiger partial charge in [0.05, 0.1) is 12.1 Å². The van der Waals surface area contributed by atoms with Crippen LogP contribution in [0.25, 0.3) is 0 Å². The summed E-state index contributed by atoms with van der Waals surface area (Å²) in [5, 5.41) is 9.89. The van der Waals surface area contributed by atoms with Crippen LogP contribution in [0.15, 0.2) is 54.6 Å². The highest BCUT2D eigenvalue weighted by Crippen LogP contribution is 2.45. The molecule has 0 spiro atoms. The van der Waals surface area contributed by atoms with Gasteiger partial charge in [-0.3, -0.25) is 4.79 Å². The number of alkyl halides is 3. The van der Waals surface area contributed by atoms with Gasteiger partial charge in [-0.05, 0) is 30.2 Å². The second-order valence-electron chi connectivity index (χ2n) is 8.07. The van der Waals surface area contributed by atoms with Crippen molar-refractivity contribution in [1.29, 1.82) is 0 Å². The molecule has 172 valence electrons. The minimum absolute atomic E-state index is 0.0781. The number of rotatable bonds is 4. The van der Waals surface area contributed by atoms with E-state index in [-0.39, 0.29) is 30.8 Å². The SMILES string of the molecule is C[C@@H](NC(=O)c1cc2n(n1)[C@H](C(F)(F)F)C[C@H](c1ccc3c(c1)OCO3)N2)c1ccccc1. The zero-order valence-electron chi connectivity index (χ0n) is 17.6. The van der Waals surface area contributed by atoms with Gasteiger partial charge < -0.3 is 20.1 Å². The van der Waals surface area contributed by atoms with Gasteiger partial charge in [0, 0.05) is 12.5 Å². The molecule has 5 rings (SSSR count). The number of halogens is 3. The van der Waals surface area contributed by atoms with Gasteiger partial charge in [0.1, 0.15) is 5.82 Å². The molecule has 2 aromatic carbocycles. The van der Waals surface area contributed by atoms with Gasteiger partial charge >= 0.3 is 6.18 Å². The molecular weight excluding hydrogens is 437 g/mol. The summed E-state index contributed by atoms with van der Waals surface area (Å²) in [5.41, 5.74) is 1.43. The molecule has 2 aliphatic heterocycles. The maximum atomic E-state index is 13.9. The third-order valence-corrected chi connectivity index (χ3v) is 5.87. The van der Waals surface area contributed by atoms with E-state index in [4.69, 9.17) is 9.47 Å². The quantitative estimate of drug-likeness (QED) is 0.589. The fourth-order valence-corrected chi connectivity index (χ4v) is 4.13. The van der Waals surface area contributed by atoms with Crippen molar-refractivity contribution >= 4 is 11.7 Å². The van der Waals surface area contributed by atoms with Crippen LogP contribution >= 0.6 is 0 Å². The highest BCUT2D eigenvalue weighted by atomic mass is 19.4. The molecule has 0 bridgehead atoms. The summed E-state index contributed by atoms with van der Waals surface area (Å²) in [6, 6.07) is 12.8. The number of amides is 1. The lowest BCUT2D eigenvalue weighted by atomic mass is 9.96. The van der Waals surface area contributed by atoms with Crippen LogP contribution in [0.5, 0.6) is 11.5 Å². The van der Waals surface area contributed by atoms with Gasteiger partial charge in [0.25, 0.3) is 5.91 Å². The maximum Gasteiger partial charge on any atom is 0.410 e. The largest absolute Gasteiger partial charge is 0.454 e. The summed E-state index contributed by atoms with van der Waals surface area (Å²) >= 11 is 0. The molecule has 1 amide bonds. The molecule has 10 heteroatoms. The van der Waals surface area contributed by atoms with Crippen LogP contribution < -0.4 is 20.1 Å². The van der Waals surface area contributed by atoms with Gasteiger partial charge in [-0.2, -0.15) is 18.3 Å². The van der Waals surface area contributed by atoms with E-state index in [9.17, 15) is 18.0 Å². The van der Waals surface area contributed by atoms with E-state index in [1.54, 1.807) is 25.1 Å². The smallest absolute Gasteiger partial charge is 0.410 e. The second kappa shape index (κ2) is 8.02. The predicted molar refractivity (Wildman–Crippen MR) is 113 cm³/mol. The van der Waals surface area contributed by atoms with E-state index in [2.05, 4.69) is 15.7 Å². The number of aromatic nitrogens is 2. The van der Waals surface area contributed by atoms with Gasteiger partial charge in [0.2, 0.25) is 6.79 Å². The summed E-state index contributed by atoms with van der Waals surface area (Å²) in [5.74, 6) is 0.629. The molecule has 3 atom stereocenters. The molecule has 0 fully saturated rings. The van der Waals surface area contributed by atoms with Gasteiger partial charge in [-0.1, -0.05) is 36.4 Å². The van der Waals surface area contributed by atoms with E-state index >= 15 is 0 Å². The van der Waals surface area contributed by atoms with Crippen molar-refractivity contribution in [3.05, 3.63) is 71.4 Å². The Morgan fingerprint density at radius 1 is 1.15 bits per heavy atom. The first-order valence-corrected chi connectivity index (χ1v) is 10.5. The molecule has 3 aromatic rings. The molecule has 0 unspecified atom stereocenters. The van der Waals surface area contributed by atoms with E-state index in [0.29, 0.717) is 17.1 Å². The van der Waals surface area contributed by atoms with Gasteiger partial charge in [0.15, 0.2) is 23.2 Å². The molecular formula is C23H21F3N4O3. The highest BCUT2D eigenvalue weighted by molar-refractivity contribution is 5.93. The molecule has 2 aliphatic rings. The van der Waals surface area contributed by atoms with Crippen molar-refractivity contribution in [3.63, 3.8) is 0 Å². The Morgan fingerprint density at radius 2 is 1.91 bits per heavy atom. The molecule has 0 saturated heterocycles. The average molecular weight is 458 g/mol. The molecule has 2 N–H and O–H groups in total. The third-order valence-electron chi connectivity index (χ3n) is 5.87. The molecule has 3 heterocycles. The standard InChI is InChI=1S/C23H21F3N4O3/c1-13(14-5-3-2-4-6-14)27-22(31)17-11-21-28-16(10-20(23(24,25)26)30(21)29-17)15-7-8-18-19(9-15)33-12-32-18/h2-9,11,13,16,20,28H,10,12H2,1H3,(H,27,31)/t13-,16-,20+/m1/s1. The number of nitrogens with zero attached hydrogens (tertiary/aromatic N) is 2. The molecule has 1 aromatic heterocycles. The summed E-state index contributed by atoms with van der Waals surface area (Å²) < 4.78 is 53.3. The molecule has 0 saturated carbocycles. The Labute approximate surface area is 187 Å². The van der Waals surface area contributed by atoms with Gasteiger partial charge in [-0.25, -0.2) is 4.68 Å². The van der Waals surface area contributed by atoms with E-state index in [1.807, 2.05) is 30.3 Å². The second-order valence-corrected chi connectivity index (χ2v) is 8.07. The first kappa shape index (κ1) is 21.2. The first-order valence-electron chi connectivity index (χ1n) is 10.5. The monoisotopic (exact) mass is 458 g/mol. The van der Waals surface area contributed by atoms with Crippen LogP contribution in [0.4, 0.5) is 19.0 Å². The fraction of sp³-hybridized carbons (Fsp3) is 0.304. The summed E-state index contributed by atoms with van der Waals surface area (Å²) in [6.45, 7) is 1.88. The Morgan fingerprint density at radius 3 is 2.67 bits per heavy atom. The zero-order chi connectivity index (χ0) is 23.2. The van der Waals surface area contributed by atoms with Crippen molar-refractivity contribution in [2.75, 3.05) is 12.1 Å². The Bertz CT molecular complexity index is 1180. The fourth-order valence-electron chi connectivity index (χ4n) is 4.13. The molecule has 0 aliphatic carbocycles. The summed E-state index contributed by atoms with van der Waals surface area (Å²) in [4.78, 5) is 12.8. The summed E-state index contributed by atoms with van der Waals surface area (Å²) in [7, 11) is 0. The highest BCUT2D eigenvalue weighted by Gasteiger charge is 2.47. The van der Waals surface area contributed by atoms with Crippen LogP contribution in [0.2, 0.25) is 0 Å². The Kier molecular flexibility index (Phi) is 5.15. The van der Waals surface area contributed by atoms with Crippen molar-refractivity contribution < 1.29 is 27.4 Å². The van der Waals surface area contributed by atoms with Crippen molar-refractivity contribution in [2.45, 2.75) is 37.6 Å². The minimum Gasteiger partial charge on any atom is -0.454 e. The lowest BCUT2D eigenvalue weighted by Crippen LogP contribution is -2.35. The van der Waals surface area contributed by atoms with Crippen molar-refractivity contribution in [2.24, 2.45) is 0 Å². The van der Waals surface area contributed by atoms with Crippen molar-refractivity contribution in [3.8, 4) is 11.5 Å². The lowest BCUT2D eigenvalue weighted by molar-refractivity contribution is -0.173. The topological polar surface area (TPSA) is 77.4 Å². The number of ether oxygens (including phenoxy) is 2. The van der Waals surface area contributed by atoms with Crippen LogP contribution in [0.1, 0.15) is 53.1 Å². The predicted octanol–water partition coefficient (Wildman–Crippen LogP) is 4.76. The number of carbonyl (C=O) groups is 1. The van der Waals surface area contributed by atoms with Crippen LogP contribution in [-0.4, -0.2) is 28.7 Å². The number of anilines is 1. The number of benzene rings is 2. The number of hydrogen-bond acceptors (Lipinski definition) is 5. The number of hydrogen-bond donors (Lipinski definition) is 2. The third kappa shape index (κ3) is 4.08. The molecule has 7 nitrogen and oxygen atoms in total. The number of carbonyl (C=O) groups excluding carboxylic acids is 1. The summed E-state index contributed by atoms with van der Waals surface area (Å²) in [6.07, 6.45) is -4.82. The lowest BCUT2D eigenvalue weighted by Gasteiger charge is -2.33. The first-order chi connectivity index (χ1) is 15.8. The van der Waals surface area contributed by atoms with E-state index in [1.165, 1.54) is 6.07 Å². The van der Waals surface area contributed by atoms with Crippen molar-refractivity contribution in [1.82, 2.24) is 15.1 Å². The molecule has 33 heavy (non-hydrogen) atoms. The Hall–Kier alpha value is -3.69. The molecule has 0 radical (unpaired) electrons. The minimum atomic E-state index is -4.54. The number of fused-ring (bicyclic) bond motifs is 2. The maximum absolute atomic E-state index is 13.9. The normalized spacial score (nSPS) is 20.0. The van der Waals surface area contributed by atoms with Crippen LogP contribution in [0, 0.1) is 0 Å². The zero-order valence-corrected chi connectivity index (χ0v) is 17.6. The van der Waals surface area contributed by atoms with Gasteiger partial charge in [-0.15, -0.1) is 0 Å². The average Bonchev–Trinajstić information content (AvgIpc) is 3.44.